The SMILES string of the molecule is CCCNC(=O)CN(CCC(=O)O)c1ccccc1. The summed E-state index contributed by atoms with van der Waals surface area (Å²) in [7, 11) is 0. The molecule has 1 aromatic carbocycles. The number of carboxylic acid groups (broad SMARTS) is 1. The average molecular weight is 264 g/mol. The zero-order chi connectivity index (χ0) is 14.1. The number of para-hydroxylation sites is 1. The first-order valence-electron chi connectivity index (χ1n) is 6.42. The van der Waals surface area contributed by atoms with Crippen LogP contribution in [0.4, 0.5) is 5.69 Å². The van der Waals surface area contributed by atoms with Gasteiger partial charge in [0, 0.05) is 18.8 Å². The lowest BCUT2D eigenvalue weighted by molar-refractivity contribution is -0.136. The number of aliphatic carboxylic acids is 1. The quantitative estimate of drug-likeness (QED) is 0.746. The Balaban J connectivity index is 2.64. The largest absolute Gasteiger partial charge is 0.481 e. The molecule has 0 unspecified atom stereocenters. The second kappa shape index (κ2) is 8.13. The van der Waals surface area contributed by atoms with Gasteiger partial charge in [-0.3, -0.25) is 9.59 Å². The highest BCUT2D eigenvalue weighted by Gasteiger charge is 2.12. The van der Waals surface area contributed by atoms with Crippen molar-refractivity contribution in [1.29, 1.82) is 0 Å². The Morgan fingerprint density at radius 1 is 1.26 bits per heavy atom. The van der Waals surface area contributed by atoms with Gasteiger partial charge in [0.15, 0.2) is 0 Å². The maximum Gasteiger partial charge on any atom is 0.305 e. The summed E-state index contributed by atoms with van der Waals surface area (Å²) in [5, 5.41) is 11.5. The van der Waals surface area contributed by atoms with E-state index in [1.807, 2.05) is 37.3 Å². The van der Waals surface area contributed by atoms with Gasteiger partial charge in [0.1, 0.15) is 0 Å². The molecule has 0 atom stereocenters. The van der Waals surface area contributed by atoms with E-state index in [1.165, 1.54) is 0 Å². The van der Waals surface area contributed by atoms with Crippen molar-refractivity contribution in [2.75, 3.05) is 24.5 Å². The van der Waals surface area contributed by atoms with Crippen LogP contribution in [-0.2, 0) is 9.59 Å². The molecule has 19 heavy (non-hydrogen) atoms. The minimum absolute atomic E-state index is 0.00987. The number of anilines is 1. The van der Waals surface area contributed by atoms with Crippen LogP contribution in [0.5, 0.6) is 0 Å². The monoisotopic (exact) mass is 264 g/mol. The Bertz CT molecular complexity index is 406. The van der Waals surface area contributed by atoms with Crippen LogP contribution in [0.15, 0.2) is 30.3 Å². The molecular weight excluding hydrogens is 244 g/mol. The summed E-state index contributed by atoms with van der Waals surface area (Å²) in [6.07, 6.45) is 0.891. The fourth-order valence-electron chi connectivity index (χ4n) is 1.66. The summed E-state index contributed by atoms with van der Waals surface area (Å²) in [4.78, 5) is 24.2. The maximum atomic E-state index is 11.7. The fraction of sp³-hybridized carbons (Fsp3) is 0.429. The molecule has 0 bridgehead atoms. The van der Waals surface area contributed by atoms with E-state index in [1.54, 1.807) is 4.90 Å². The van der Waals surface area contributed by atoms with Crippen molar-refractivity contribution >= 4 is 17.6 Å². The Morgan fingerprint density at radius 3 is 2.53 bits per heavy atom. The highest BCUT2D eigenvalue weighted by atomic mass is 16.4. The second-order valence-electron chi connectivity index (χ2n) is 4.25. The molecule has 1 rings (SSSR count). The third kappa shape index (κ3) is 5.90. The molecule has 0 radical (unpaired) electrons. The number of carboxylic acids is 1. The van der Waals surface area contributed by atoms with Gasteiger partial charge in [-0.1, -0.05) is 25.1 Å². The van der Waals surface area contributed by atoms with Gasteiger partial charge in [0.05, 0.1) is 13.0 Å². The van der Waals surface area contributed by atoms with E-state index in [0.29, 0.717) is 13.1 Å². The van der Waals surface area contributed by atoms with Gasteiger partial charge in [-0.25, -0.2) is 0 Å². The van der Waals surface area contributed by atoms with Crippen LogP contribution in [0, 0.1) is 0 Å². The lowest BCUT2D eigenvalue weighted by Gasteiger charge is -2.23. The highest BCUT2D eigenvalue weighted by Crippen LogP contribution is 2.13. The molecule has 5 nitrogen and oxygen atoms in total. The van der Waals surface area contributed by atoms with Gasteiger partial charge >= 0.3 is 5.97 Å². The van der Waals surface area contributed by atoms with Crippen molar-refractivity contribution < 1.29 is 14.7 Å². The van der Waals surface area contributed by atoms with Gasteiger partial charge in [0.25, 0.3) is 0 Å². The third-order valence-electron chi connectivity index (χ3n) is 2.62. The number of nitrogens with one attached hydrogen (secondary N) is 1. The van der Waals surface area contributed by atoms with Crippen LogP contribution in [0.2, 0.25) is 0 Å². The minimum Gasteiger partial charge on any atom is -0.481 e. The summed E-state index contributed by atoms with van der Waals surface area (Å²) in [5.41, 5.74) is 0.857. The van der Waals surface area contributed by atoms with Crippen molar-refractivity contribution in [3.63, 3.8) is 0 Å². The summed E-state index contributed by atoms with van der Waals surface area (Å²) < 4.78 is 0. The molecule has 0 aromatic heterocycles. The first-order chi connectivity index (χ1) is 9.13. The highest BCUT2D eigenvalue weighted by molar-refractivity contribution is 5.81. The molecule has 0 saturated heterocycles. The molecule has 0 heterocycles. The first-order valence-corrected chi connectivity index (χ1v) is 6.42. The molecule has 0 aliphatic carbocycles. The summed E-state index contributed by atoms with van der Waals surface area (Å²) in [6, 6.07) is 9.36. The van der Waals surface area contributed by atoms with Crippen molar-refractivity contribution in [2.24, 2.45) is 0 Å². The van der Waals surface area contributed by atoms with Crippen LogP contribution in [0.1, 0.15) is 19.8 Å². The number of carbonyl (C=O) groups excluding carboxylic acids is 1. The van der Waals surface area contributed by atoms with E-state index in [-0.39, 0.29) is 18.9 Å². The van der Waals surface area contributed by atoms with E-state index < -0.39 is 5.97 Å². The number of rotatable bonds is 8. The number of amides is 1. The minimum atomic E-state index is -0.866. The van der Waals surface area contributed by atoms with Gasteiger partial charge in [0.2, 0.25) is 5.91 Å². The smallest absolute Gasteiger partial charge is 0.305 e. The summed E-state index contributed by atoms with van der Waals surface area (Å²) in [6.45, 7) is 3.12. The molecule has 0 aliphatic heterocycles. The number of benzene rings is 1. The zero-order valence-corrected chi connectivity index (χ0v) is 11.1. The lowest BCUT2D eigenvalue weighted by atomic mass is 10.2. The van der Waals surface area contributed by atoms with E-state index >= 15 is 0 Å². The molecule has 0 spiro atoms. The fourth-order valence-corrected chi connectivity index (χ4v) is 1.66. The van der Waals surface area contributed by atoms with Gasteiger partial charge in [-0.05, 0) is 18.6 Å². The molecule has 0 fully saturated rings. The first kappa shape index (κ1) is 15.0. The van der Waals surface area contributed by atoms with Crippen LogP contribution >= 0.6 is 0 Å². The molecule has 5 heteroatoms. The Labute approximate surface area is 113 Å². The third-order valence-corrected chi connectivity index (χ3v) is 2.62. The van der Waals surface area contributed by atoms with Gasteiger partial charge in [-0.2, -0.15) is 0 Å². The predicted octanol–water partition coefficient (Wildman–Crippen LogP) is 1.49. The van der Waals surface area contributed by atoms with Gasteiger partial charge in [-0.15, -0.1) is 0 Å². The molecule has 1 amide bonds. The van der Waals surface area contributed by atoms with E-state index in [0.717, 1.165) is 12.1 Å². The van der Waals surface area contributed by atoms with Crippen LogP contribution in [0.25, 0.3) is 0 Å². The summed E-state index contributed by atoms with van der Waals surface area (Å²) >= 11 is 0. The number of nitrogens with zero attached hydrogens (tertiary/aromatic N) is 1. The number of hydrogen-bond acceptors (Lipinski definition) is 3. The second-order valence-corrected chi connectivity index (χ2v) is 4.25. The molecule has 2 N–H and O–H groups in total. The standard InChI is InChI=1S/C14H20N2O3/c1-2-9-15-13(17)11-16(10-8-14(18)19)12-6-4-3-5-7-12/h3-7H,2,8-11H2,1H3,(H,15,17)(H,18,19). The van der Waals surface area contributed by atoms with Crippen molar-refractivity contribution in [1.82, 2.24) is 5.32 Å². The van der Waals surface area contributed by atoms with E-state index in [2.05, 4.69) is 5.32 Å². The van der Waals surface area contributed by atoms with E-state index in [9.17, 15) is 9.59 Å². The average Bonchev–Trinajstić information content (AvgIpc) is 2.42. The van der Waals surface area contributed by atoms with Crippen molar-refractivity contribution in [3.8, 4) is 0 Å². The Kier molecular flexibility index (Phi) is 6.43. The van der Waals surface area contributed by atoms with Gasteiger partial charge < -0.3 is 15.3 Å². The Hall–Kier alpha value is -2.04. The molecule has 0 aliphatic rings. The molecule has 1 aromatic rings. The van der Waals surface area contributed by atoms with Crippen LogP contribution in [-0.4, -0.2) is 36.6 Å². The maximum absolute atomic E-state index is 11.7. The predicted molar refractivity (Wildman–Crippen MR) is 74.2 cm³/mol. The van der Waals surface area contributed by atoms with Crippen molar-refractivity contribution in [3.05, 3.63) is 30.3 Å². The topological polar surface area (TPSA) is 69.6 Å². The van der Waals surface area contributed by atoms with Crippen LogP contribution in [0.3, 0.4) is 0 Å². The van der Waals surface area contributed by atoms with E-state index in [4.69, 9.17) is 5.11 Å². The zero-order valence-electron chi connectivity index (χ0n) is 11.1. The van der Waals surface area contributed by atoms with Crippen LogP contribution < -0.4 is 10.2 Å². The number of hydrogen-bond donors (Lipinski definition) is 2. The Morgan fingerprint density at radius 2 is 1.95 bits per heavy atom. The molecular formula is C14H20N2O3. The van der Waals surface area contributed by atoms with Crippen molar-refractivity contribution in [2.45, 2.75) is 19.8 Å². The number of carbonyl (C=O) groups is 2. The molecule has 0 saturated carbocycles. The normalized spacial score (nSPS) is 9.95. The lowest BCUT2D eigenvalue weighted by Crippen LogP contribution is -2.38. The summed E-state index contributed by atoms with van der Waals surface area (Å²) in [5.74, 6) is -0.953. The molecule has 104 valence electrons.